The molecule has 0 unspecified atom stereocenters. The zero-order valence-corrected chi connectivity index (χ0v) is 16.6. The zero-order valence-electron chi connectivity index (χ0n) is 15.8. The van der Waals surface area contributed by atoms with Crippen molar-refractivity contribution >= 4 is 28.5 Å². The first-order valence-electron chi connectivity index (χ1n) is 9.12. The molecule has 13 heteroatoms. The lowest BCUT2D eigenvalue weighted by atomic mass is 9.75. The predicted octanol–water partition coefficient (Wildman–Crippen LogP) is 4.32. The van der Waals surface area contributed by atoms with E-state index in [9.17, 15) is 36.2 Å². The van der Waals surface area contributed by atoms with Crippen LogP contribution in [-0.2, 0) is 6.18 Å². The van der Waals surface area contributed by atoms with Gasteiger partial charge in [0.1, 0.15) is 11.5 Å². The van der Waals surface area contributed by atoms with Gasteiger partial charge in [-0.2, -0.15) is 31.3 Å². The average Bonchev–Trinajstić information content (AvgIpc) is 2.66. The van der Waals surface area contributed by atoms with Gasteiger partial charge in [-0.15, -0.1) is 0 Å². The molecule has 0 atom stereocenters. The summed E-state index contributed by atoms with van der Waals surface area (Å²) < 4.78 is 79.2. The van der Waals surface area contributed by atoms with Crippen LogP contribution in [0, 0.1) is 0 Å². The number of halogens is 7. The van der Waals surface area contributed by atoms with Gasteiger partial charge in [0.2, 0.25) is 0 Å². The highest BCUT2D eigenvalue weighted by Gasteiger charge is 2.61. The van der Waals surface area contributed by atoms with Gasteiger partial charge in [-0.05, 0) is 24.3 Å². The van der Waals surface area contributed by atoms with Gasteiger partial charge in [-0.25, -0.2) is 14.3 Å². The lowest BCUT2D eigenvalue weighted by Gasteiger charge is -2.44. The van der Waals surface area contributed by atoms with E-state index >= 15 is 0 Å². The number of nitrogens with zero attached hydrogens (tertiary/aromatic N) is 3. The molecule has 1 aliphatic rings. The van der Waals surface area contributed by atoms with E-state index in [-0.39, 0.29) is 21.9 Å². The maximum Gasteiger partial charge on any atom is 0.433 e. The van der Waals surface area contributed by atoms with Crippen molar-refractivity contribution in [3.05, 3.63) is 57.6 Å². The number of nitrogens with one attached hydrogen (secondary N) is 1. The van der Waals surface area contributed by atoms with Crippen LogP contribution in [0.3, 0.4) is 0 Å². The molecule has 0 bridgehead atoms. The van der Waals surface area contributed by atoms with Gasteiger partial charge in [0, 0.05) is 18.9 Å². The summed E-state index contributed by atoms with van der Waals surface area (Å²) in [5.41, 5.74) is -5.59. The number of para-hydroxylation sites is 1. The van der Waals surface area contributed by atoms with Gasteiger partial charge in [-0.1, -0.05) is 23.7 Å². The molecular weight excluding hydrogens is 466 g/mol. The Bertz CT molecular complexity index is 1250. The molecule has 0 aliphatic heterocycles. The number of benzene rings is 1. The van der Waals surface area contributed by atoms with E-state index in [1.165, 1.54) is 18.2 Å². The summed E-state index contributed by atoms with van der Waals surface area (Å²) in [6.07, 6.45) is -11.1. The molecule has 0 saturated heterocycles. The van der Waals surface area contributed by atoms with Gasteiger partial charge in [-0.3, -0.25) is 0 Å². The first-order valence-corrected chi connectivity index (χ1v) is 9.49. The lowest BCUT2D eigenvalue weighted by Crippen LogP contribution is -2.59. The summed E-state index contributed by atoms with van der Waals surface area (Å²) in [6.45, 7) is 0. The molecule has 1 saturated carbocycles. The number of hydrogen-bond donors (Lipinski definition) is 2. The molecule has 2 N–H and O–H groups in total. The molecule has 2 aromatic heterocycles. The Kier molecular flexibility index (Phi) is 5.12. The Morgan fingerprint density at radius 3 is 2.31 bits per heavy atom. The minimum atomic E-state index is -4.84. The second-order valence-electron chi connectivity index (χ2n) is 7.37. The maximum atomic E-state index is 13.3. The minimum Gasteiger partial charge on any atom is -0.380 e. The summed E-state index contributed by atoms with van der Waals surface area (Å²) in [4.78, 5) is 20.1. The summed E-state index contributed by atoms with van der Waals surface area (Å²) in [7, 11) is 0. The number of rotatable bonds is 3. The normalized spacial score (nSPS) is 21.4. The van der Waals surface area contributed by atoms with Crippen LogP contribution in [0.1, 0.15) is 18.5 Å². The molecule has 0 radical (unpaired) electrons. The third kappa shape index (κ3) is 3.77. The van der Waals surface area contributed by atoms with Crippen LogP contribution in [0.25, 0.3) is 16.7 Å². The van der Waals surface area contributed by atoms with E-state index in [1.807, 2.05) is 0 Å². The fraction of sp³-hybridized carbons (Fsp3) is 0.316. The lowest BCUT2D eigenvalue weighted by molar-refractivity contribution is -0.288. The number of fused-ring (bicyclic) bond motifs is 1. The van der Waals surface area contributed by atoms with Crippen LogP contribution in [0.2, 0.25) is 5.02 Å². The van der Waals surface area contributed by atoms with Crippen molar-refractivity contribution in [1.82, 2.24) is 14.5 Å². The SMILES string of the molecule is O=c1nc(NC2CC(O)(C(F)(F)F)C2)c2ccc(C(F)(F)F)nc2n1-c1ccccc1Cl. The van der Waals surface area contributed by atoms with Crippen molar-refractivity contribution < 1.29 is 31.4 Å². The molecule has 2 heterocycles. The van der Waals surface area contributed by atoms with Crippen molar-refractivity contribution in [3.63, 3.8) is 0 Å². The van der Waals surface area contributed by atoms with Crippen molar-refractivity contribution in [2.45, 2.75) is 36.8 Å². The molecule has 170 valence electrons. The van der Waals surface area contributed by atoms with Gasteiger partial charge in [0.25, 0.3) is 0 Å². The molecule has 32 heavy (non-hydrogen) atoms. The largest absolute Gasteiger partial charge is 0.433 e. The second-order valence-corrected chi connectivity index (χ2v) is 7.78. The summed E-state index contributed by atoms with van der Waals surface area (Å²) >= 11 is 6.10. The molecule has 1 fully saturated rings. The fourth-order valence-electron chi connectivity index (χ4n) is 3.50. The first-order chi connectivity index (χ1) is 14.8. The predicted molar refractivity (Wildman–Crippen MR) is 103 cm³/mol. The topological polar surface area (TPSA) is 80.0 Å². The summed E-state index contributed by atoms with van der Waals surface area (Å²) in [5, 5.41) is 12.2. The van der Waals surface area contributed by atoms with E-state index in [0.717, 1.165) is 10.6 Å². The van der Waals surface area contributed by atoms with Gasteiger partial charge >= 0.3 is 18.0 Å². The minimum absolute atomic E-state index is 0.0325. The Morgan fingerprint density at radius 2 is 1.72 bits per heavy atom. The number of aromatic nitrogens is 3. The molecule has 4 rings (SSSR count). The molecular formula is C19H13ClF6N4O2. The molecule has 1 aliphatic carbocycles. The third-order valence-corrected chi connectivity index (χ3v) is 5.48. The average molecular weight is 479 g/mol. The van der Waals surface area contributed by atoms with Crippen LogP contribution in [0.5, 0.6) is 0 Å². The highest BCUT2D eigenvalue weighted by molar-refractivity contribution is 6.32. The quantitative estimate of drug-likeness (QED) is 0.548. The Balaban J connectivity index is 1.84. The number of hydrogen-bond acceptors (Lipinski definition) is 5. The van der Waals surface area contributed by atoms with E-state index in [1.54, 1.807) is 6.07 Å². The van der Waals surface area contributed by atoms with Crippen LogP contribution in [0.4, 0.5) is 32.2 Å². The monoisotopic (exact) mass is 478 g/mol. The Hall–Kier alpha value is -2.86. The van der Waals surface area contributed by atoms with E-state index in [2.05, 4.69) is 15.3 Å². The van der Waals surface area contributed by atoms with Gasteiger partial charge in [0.15, 0.2) is 11.2 Å². The van der Waals surface area contributed by atoms with Crippen molar-refractivity contribution in [1.29, 1.82) is 0 Å². The number of anilines is 1. The van der Waals surface area contributed by atoms with Gasteiger partial charge < -0.3 is 10.4 Å². The summed E-state index contributed by atoms with van der Waals surface area (Å²) in [6, 6.07) is 6.64. The summed E-state index contributed by atoms with van der Waals surface area (Å²) in [5.74, 6) is -0.247. The maximum absolute atomic E-state index is 13.3. The first kappa shape index (κ1) is 22.3. The zero-order chi connectivity index (χ0) is 23.5. The highest BCUT2D eigenvalue weighted by atomic mass is 35.5. The van der Waals surface area contributed by atoms with Crippen LogP contribution in [0.15, 0.2) is 41.2 Å². The molecule has 1 aromatic carbocycles. The van der Waals surface area contributed by atoms with E-state index < -0.39 is 53.9 Å². The van der Waals surface area contributed by atoms with Crippen molar-refractivity contribution in [2.24, 2.45) is 0 Å². The number of pyridine rings is 1. The van der Waals surface area contributed by atoms with E-state index in [0.29, 0.717) is 6.07 Å². The molecule has 3 aromatic rings. The smallest absolute Gasteiger partial charge is 0.380 e. The molecule has 0 spiro atoms. The molecule has 6 nitrogen and oxygen atoms in total. The van der Waals surface area contributed by atoms with Crippen LogP contribution < -0.4 is 11.0 Å². The molecule has 0 amide bonds. The standard InChI is InChI=1S/C19H13ClF6N4O2/c20-11-3-1-2-4-12(11)30-15-10(5-6-13(28-15)18(21,22)23)14(29-16(30)31)27-9-7-17(32,8-9)19(24,25)26/h1-6,9,32H,7-8H2,(H,27,29,31). The second kappa shape index (κ2) is 7.34. The third-order valence-electron chi connectivity index (χ3n) is 5.16. The Morgan fingerprint density at radius 1 is 1.06 bits per heavy atom. The fourth-order valence-corrected chi connectivity index (χ4v) is 3.72. The Labute approximate surface area is 180 Å². The highest BCUT2D eigenvalue weighted by Crippen LogP contribution is 2.46. The number of alkyl halides is 6. The number of aliphatic hydroxyl groups is 1. The van der Waals surface area contributed by atoms with Crippen LogP contribution >= 0.6 is 11.6 Å². The van der Waals surface area contributed by atoms with Crippen LogP contribution in [-0.4, -0.2) is 37.5 Å². The van der Waals surface area contributed by atoms with Crippen molar-refractivity contribution in [2.75, 3.05) is 5.32 Å². The van der Waals surface area contributed by atoms with E-state index in [4.69, 9.17) is 11.6 Å². The van der Waals surface area contributed by atoms with Crippen molar-refractivity contribution in [3.8, 4) is 5.69 Å². The van der Waals surface area contributed by atoms with Gasteiger partial charge in [0.05, 0.1) is 16.1 Å².